The number of nitrogens with one attached hydrogen (secondary N) is 1. The van der Waals surface area contributed by atoms with E-state index in [0.29, 0.717) is 21.8 Å². The van der Waals surface area contributed by atoms with Crippen molar-refractivity contribution in [2.45, 2.75) is 23.8 Å². The first-order valence-electron chi connectivity index (χ1n) is 8.23. The van der Waals surface area contributed by atoms with Crippen LogP contribution >= 0.6 is 0 Å². The minimum absolute atomic E-state index is 0.183. The van der Waals surface area contributed by atoms with E-state index in [1.807, 2.05) is 13.8 Å². The molecule has 7 nitrogen and oxygen atoms in total. The van der Waals surface area contributed by atoms with Crippen LogP contribution in [0.15, 0.2) is 52.4 Å². The molecular weight excluding hydrogens is 372 g/mol. The van der Waals surface area contributed by atoms with Gasteiger partial charge in [0.25, 0.3) is 0 Å². The van der Waals surface area contributed by atoms with Crippen LogP contribution in [0.3, 0.4) is 0 Å². The molecule has 8 heteroatoms. The lowest BCUT2D eigenvalue weighted by atomic mass is 10.1. The van der Waals surface area contributed by atoms with Gasteiger partial charge in [0.2, 0.25) is 5.95 Å². The predicted molar refractivity (Wildman–Crippen MR) is 108 cm³/mol. The fourth-order valence-electron chi connectivity index (χ4n) is 2.75. The number of nitrogen functional groups attached to an aromatic ring is 1. The van der Waals surface area contributed by atoms with Crippen molar-refractivity contribution in [3.8, 4) is 6.07 Å². The van der Waals surface area contributed by atoms with Gasteiger partial charge in [0.15, 0.2) is 5.69 Å². The van der Waals surface area contributed by atoms with Crippen molar-refractivity contribution >= 4 is 33.9 Å². The second kappa shape index (κ2) is 7.87. The molecule has 0 saturated carbocycles. The Hall–Kier alpha value is -3.75. The van der Waals surface area contributed by atoms with Crippen molar-refractivity contribution in [1.82, 2.24) is 9.97 Å². The molecule has 0 amide bonds. The van der Waals surface area contributed by atoms with Crippen LogP contribution in [0.4, 0.5) is 23.1 Å². The van der Waals surface area contributed by atoms with Crippen LogP contribution in [0.1, 0.15) is 16.7 Å². The summed E-state index contributed by atoms with van der Waals surface area (Å²) in [6.45, 7) is 10.6. The van der Waals surface area contributed by atoms with E-state index in [2.05, 4.69) is 26.2 Å². The first-order chi connectivity index (χ1) is 13.4. The lowest BCUT2D eigenvalue weighted by Gasteiger charge is -2.12. The standard InChI is InChI=1S/C20H16N6OS/c1-12-8-14(11-21)9-13(2)19(12)28(27)18-10-17(22)25-20(26-18)24-16-6-4-15(23-3)5-7-16/h4-10H,1-2H3,(H3,22,24,25,26). The van der Waals surface area contributed by atoms with Gasteiger partial charge in [-0.15, -0.1) is 0 Å². The molecule has 1 heterocycles. The fraction of sp³-hybridized carbons (Fsp3) is 0.100. The van der Waals surface area contributed by atoms with Crippen molar-refractivity contribution in [2.75, 3.05) is 11.1 Å². The van der Waals surface area contributed by atoms with Gasteiger partial charge in [0.1, 0.15) is 21.6 Å². The maximum Gasteiger partial charge on any atom is 0.230 e. The van der Waals surface area contributed by atoms with E-state index in [1.54, 1.807) is 36.4 Å². The number of benzene rings is 2. The number of hydrogen-bond donors (Lipinski definition) is 2. The summed E-state index contributed by atoms with van der Waals surface area (Å²) in [4.78, 5) is 12.4. The second-order valence-electron chi connectivity index (χ2n) is 6.06. The van der Waals surface area contributed by atoms with Crippen LogP contribution in [0.5, 0.6) is 0 Å². The summed E-state index contributed by atoms with van der Waals surface area (Å²) in [5.74, 6) is 0.394. The van der Waals surface area contributed by atoms with Crippen LogP contribution in [0.2, 0.25) is 0 Å². The molecule has 0 saturated heterocycles. The third kappa shape index (κ3) is 3.98. The highest BCUT2D eigenvalue weighted by Crippen LogP contribution is 2.26. The molecule has 1 atom stereocenters. The van der Waals surface area contributed by atoms with E-state index in [4.69, 9.17) is 17.6 Å². The van der Waals surface area contributed by atoms with E-state index in [0.717, 1.165) is 11.1 Å². The number of nitriles is 1. The highest BCUT2D eigenvalue weighted by atomic mass is 32.2. The molecule has 3 rings (SSSR count). The van der Waals surface area contributed by atoms with Gasteiger partial charge in [-0.05, 0) is 49.2 Å². The molecule has 3 N–H and O–H groups in total. The van der Waals surface area contributed by atoms with Crippen LogP contribution in [0.25, 0.3) is 4.85 Å². The molecule has 0 aliphatic rings. The summed E-state index contributed by atoms with van der Waals surface area (Å²) in [5, 5.41) is 12.4. The van der Waals surface area contributed by atoms with Crippen LogP contribution < -0.4 is 11.1 Å². The molecule has 0 radical (unpaired) electrons. The van der Waals surface area contributed by atoms with Gasteiger partial charge >= 0.3 is 0 Å². The number of nitrogens with two attached hydrogens (primary N) is 1. The second-order valence-corrected chi connectivity index (χ2v) is 7.42. The van der Waals surface area contributed by atoms with E-state index < -0.39 is 10.8 Å². The van der Waals surface area contributed by atoms with Gasteiger partial charge < -0.3 is 11.1 Å². The predicted octanol–water partition coefficient (Wildman–Crippen LogP) is 4.01. The van der Waals surface area contributed by atoms with E-state index in [1.165, 1.54) is 6.07 Å². The average Bonchev–Trinajstić information content (AvgIpc) is 2.67. The van der Waals surface area contributed by atoms with Crippen LogP contribution in [-0.2, 0) is 10.8 Å². The lowest BCUT2D eigenvalue weighted by Crippen LogP contribution is -2.07. The van der Waals surface area contributed by atoms with Gasteiger partial charge in [-0.3, -0.25) is 0 Å². The quantitative estimate of drug-likeness (QED) is 0.516. The van der Waals surface area contributed by atoms with Crippen molar-refractivity contribution in [3.05, 3.63) is 70.6 Å². The molecule has 0 bridgehead atoms. The maximum atomic E-state index is 13.1. The molecule has 0 spiro atoms. The third-order valence-electron chi connectivity index (χ3n) is 3.94. The third-order valence-corrected chi connectivity index (χ3v) is 5.54. The average molecular weight is 388 g/mol. The van der Waals surface area contributed by atoms with E-state index in [-0.39, 0.29) is 16.8 Å². The summed E-state index contributed by atoms with van der Waals surface area (Å²) < 4.78 is 13.1. The zero-order chi connectivity index (χ0) is 20.3. The zero-order valence-corrected chi connectivity index (χ0v) is 16.0. The number of nitrogens with zero attached hydrogens (tertiary/aromatic N) is 4. The molecule has 28 heavy (non-hydrogen) atoms. The molecule has 0 fully saturated rings. The molecule has 3 aromatic rings. The Labute approximate surface area is 165 Å². The highest BCUT2D eigenvalue weighted by Gasteiger charge is 2.17. The summed E-state index contributed by atoms with van der Waals surface area (Å²) in [6, 6.07) is 13.8. The number of aryl methyl sites for hydroxylation is 2. The highest BCUT2D eigenvalue weighted by molar-refractivity contribution is 7.85. The SMILES string of the molecule is [C-]#[N+]c1ccc(Nc2nc(N)cc(S(=O)c3c(C)cc(C#N)cc3C)n2)cc1. The Balaban J connectivity index is 1.96. The molecular formula is C20H16N6OS. The van der Waals surface area contributed by atoms with E-state index in [9.17, 15) is 4.21 Å². The van der Waals surface area contributed by atoms with Gasteiger partial charge in [0.05, 0.1) is 23.1 Å². The summed E-state index contributed by atoms with van der Waals surface area (Å²) in [6.07, 6.45) is 0. The van der Waals surface area contributed by atoms with Crippen molar-refractivity contribution in [3.63, 3.8) is 0 Å². The minimum Gasteiger partial charge on any atom is -0.383 e. The Bertz CT molecular complexity index is 1140. The summed E-state index contributed by atoms with van der Waals surface area (Å²) >= 11 is 0. The number of rotatable bonds is 4. The minimum atomic E-state index is -1.58. The summed E-state index contributed by atoms with van der Waals surface area (Å²) in [7, 11) is -1.58. The topological polar surface area (TPSA) is 109 Å². The molecule has 138 valence electrons. The van der Waals surface area contributed by atoms with Gasteiger partial charge in [-0.1, -0.05) is 12.1 Å². The Morgan fingerprint density at radius 1 is 1.14 bits per heavy atom. The van der Waals surface area contributed by atoms with Crippen molar-refractivity contribution in [1.29, 1.82) is 5.26 Å². The first kappa shape index (κ1) is 19.0. The number of hydrogen-bond acceptors (Lipinski definition) is 6. The van der Waals surface area contributed by atoms with Gasteiger partial charge in [-0.25, -0.2) is 14.0 Å². The smallest absolute Gasteiger partial charge is 0.230 e. The van der Waals surface area contributed by atoms with Crippen LogP contribution in [-0.4, -0.2) is 14.2 Å². The van der Waals surface area contributed by atoms with Crippen molar-refractivity contribution < 1.29 is 4.21 Å². The summed E-state index contributed by atoms with van der Waals surface area (Å²) in [5.41, 5.74) is 9.10. The van der Waals surface area contributed by atoms with Crippen molar-refractivity contribution in [2.24, 2.45) is 0 Å². The van der Waals surface area contributed by atoms with Gasteiger partial charge in [-0.2, -0.15) is 10.2 Å². The largest absolute Gasteiger partial charge is 0.383 e. The normalized spacial score (nSPS) is 11.3. The number of anilines is 3. The fourth-order valence-corrected chi connectivity index (χ4v) is 4.06. The maximum absolute atomic E-state index is 13.1. The number of aromatic nitrogens is 2. The Morgan fingerprint density at radius 3 is 2.36 bits per heavy atom. The van der Waals surface area contributed by atoms with Crippen LogP contribution in [0, 0.1) is 31.8 Å². The zero-order valence-electron chi connectivity index (χ0n) is 15.2. The Morgan fingerprint density at radius 2 is 1.79 bits per heavy atom. The molecule has 1 unspecified atom stereocenters. The van der Waals surface area contributed by atoms with Gasteiger partial charge in [0, 0.05) is 11.8 Å². The first-order valence-corrected chi connectivity index (χ1v) is 9.38. The lowest BCUT2D eigenvalue weighted by molar-refractivity contribution is 0.679. The molecule has 0 aliphatic carbocycles. The van der Waals surface area contributed by atoms with E-state index >= 15 is 0 Å². The Kier molecular flexibility index (Phi) is 5.35. The molecule has 1 aromatic heterocycles. The molecule has 0 aliphatic heterocycles. The monoisotopic (exact) mass is 388 g/mol. The molecule has 2 aromatic carbocycles.